The Balaban J connectivity index is 2.10. The monoisotopic (exact) mass is 304 g/mol. The minimum atomic E-state index is -0.278. The second kappa shape index (κ2) is 5.77. The molecular weight excluding hydrogens is 291 g/mol. The average Bonchev–Trinajstić information content (AvgIpc) is 2.77. The summed E-state index contributed by atoms with van der Waals surface area (Å²) in [6, 6.07) is 6.44. The molecule has 3 rings (SSSR count). The van der Waals surface area contributed by atoms with Gasteiger partial charge in [-0.2, -0.15) is 0 Å². The SMILES string of the molecule is Cc1nccc(Cn2c(CCCl)nc3ccc(F)cc32)n1. The van der Waals surface area contributed by atoms with Crippen LogP contribution in [0.4, 0.5) is 4.39 Å². The Kier molecular flexibility index (Phi) is 3.84. The van der Waals surface area contributed by atoms with Crippen LogP contribution in [0.3, 0.4) is 0 Å². The van der Waals surface area contributed by atoms with Crippen molar-refractivity contribution in [3.8, 4) is 0 Å². The lowest BCUT2D eigenvalue weighted by molar-refractivity contribution is 0.628. The first-order valence-electron chi connectivity index (χ1n) is 6.66. The molecule has 0 saturated heterocycles. The van der Waals surface area contributed by atoms with Crippen LogP contribution in [0, 0.1) is 12.7 Å². The predicted molar refractivity (Wildman–Crippen MR) is 80.0 cm³/mol. The summed E-state index contributed by atoms with van der Waals surface area (Å²) in [5.41, 5.74) is 2.38. The van der Waals surface area contributed by atoms with Crippen molar-refractivity contribution in [1.29, 1.82) is 0 Å². The van der Waals surface area contributed by atoms with Crippen molar-refractivity contribution in [2.75, 3.05) is 5.88 Å². The Morgan fingerprint density at radius 3 is 2.86 bits per heavy atom. The molecule has 2 heterocycles. The molecule has 108 valence electrons. The number of hydrogen-bond donors (Lipinski definition) is 0. The van der Waals surface area contributed by atoms with E-state index in [2.05, 4.69) is 15.0 Å². The fourth-order valence-corrected chi connectivity index (χ4v) is 2.52. The van der Waals surface area contributed by atoms with Crippen LogP contribution < -0.4 is 0 Å². The van der Waals surface area contributed by atoms with E-state index in [4.69, 9.17) is 11.6 Å². The third-order valence-corrected chi connectivity index (χ3v) is 3.45. The van der Waals surface area contributed by atoms with E-state index in [1.165, 1.54) is 12.1 Å². The number of aromatic nitrogens is 4. The average molecular weight is 305 g/mol. The number of benzene rings is 1. The summed E-state index contributed by atoms with van der Waals surface area (Å²) in [6.45, 7) is 2.37. The molecular formula is C15H14ClFN4. The Morgan fingerprint density at radius 2 is 2.10 bits per heavy atom. The highest BCUT2D eigenvalue weighted by molar-refractivity contribution is 6.17. The minimum Gasteiger partial charge on any atom is -0.322 e. The lowest BCUT2D eigenvalue weighted by atomic mass is 10.3. The van der Waals surface area contributed by atoms with Crippen LogP contribution in [0.1, 0.15) is 17.3 Å². The number of alkyl halides is 1. The molecule has 0 amide bonds. The maximum absolute atomic E-state index is 13.5. The number of imidazole rings is 1. The van der Waals surface area contributed by atoms with E-state index in [1.54, 1.807) is 12.3 Å². The summed E-state index contributed by atoms with van der Waals surface area (Å²) in [4.78, 5) is 13.0. The molecule has 0 aliphatic carbocycles. The largest absolute Gasteiger partial charge is 0.322 e. The van der Waals surface area contributed by atoms with Crippen LogP contribution in [0.5, 0.6) is 0 Å². The molecule has 0 unspecified atom stereocenters. The lowest BCUT2D eigenvalue weighted by Crippen LogP contribution is -2.08. The number of halogens is 2. The van der Waals surface area contributed by atoms with Gasteiger partial charge in [0.15, 0.2) is 0 Å². The van der Waals surface area contributed by atoms with E-state index in [9.17, 15) is 4.39 Å². The Labute approximate surface area is 126 Å². The molecule has 6 heteroatoms. The topological polar surface area (TPSA) is 43.6 Å². The minimum absolute atomic E-state index is 0.278. The van der Waals surface area contributed by atoms with Crippen molar-refractivity contribution in [3.05, 3.63) is 53.6 Å². The fraction of sp³-hybridized carbons (Fsp3) is 0.267. The van der Waals surface area contributed by atoms with Crippen molar-refractivity contribution >= 4 is 22.6 Å². The maximum atomic E-state index is 13.5. The number of nitrogens with zero attached hydrogens (tertiary/aromatic N) is 4. The summed E-state index contributed by atoms with van der Waals surface area (Å²) in [5, 5.41) is 0. The number of fused-ring (bicyclic) bond motifs is 1. The molecule has 21 heavy (non-hydrogen) atoms. The highest BCUT2D eigenvalue weighted by Gasteiger charge is 2.12. The van der Waals surface area contributed by atoms with E-state index in [0.717, 1.165) is 22.6 Å². The van der Waals surface area contributed by atoms with Gasteiger partial charge in [-0.25, -0.2) is 19.3 Å². The molecule has 4 nitrogen and oxygen atoms in total. The Bertz CT molecular complexity index is 784. The molecule has 0 radical (unpaired) electrons. The van der Waals surface area contributed by atoms with Gasteiger partial charge in [0, 0.05) is 18.5 Å². The van der Waals surface area contributed by atoms with Crippen LogP contribution in [-0.4, -0.2) is 25.4 Å². The van der Waals surface area contributed by atoms with Crippen molar-refractivity contribution in [2.24, 2.45) is 0 Å². The van der Waals surface area contributed by atoms with E-state index in [0.29, 0.717) is 24.7 Å². The van der Waals surface area contributed by atoms with Gasteiger partial charge in [0.05, 0.1) is 23.3 Å². The van der Waals surface area contributed by atoms with E-state index in [1.807, 2.05) is 17.6 Å². The van der Waals surface area contributed by atoms with Crippen molar-refractivity contribution in [2.45, 2.75) is 19.9 Å². The summed E-state index contributed by atoms with van der Waals surface area (Å²) in [7, 11) is 0. The number of rotatable bonds is 4. The van der Waals surface area contributed by atoms with Gasteiger partial charge >= 0.3 is 0 Å². The maximum Gasteiger partial charge on any atom is 0.125 e. The second-order valence-electron chi connectivity index (χ2n) is 4.78. The first-order valence-corrected chi connectivity index (χ1v) is 7.20. The third kappa shape index (κ3) is 2.88. The molecule has 0 spiro atoms. The van der Waals surface area contributed by atoms with Crippen LogP contribution in [0.25, 0.3) is 11.0 Å². The van der Waals surface area contributed by atoms with Gasteiger partial charge in [0.2, 0.25) is 0 Å². The zero-order valence-corrected chi connectivity index (χ0v) is 12.3. The van der Waals surface area contributed by atoms with E-state index >= 15 is 0 Å². The van der Waals surface area contributed by atoms with Gasteiger partial charge in [-0.05, 0) is 31.2 Å². The summed E-state index contributed by atoms with van der Waals surface area (Å²) < 4.78 is 15.5. The second-order valence-corrected chi connectivity index (χ2v) is 5.16. The molecule has 3 aromatic rings. The van der Waals surface area contributed by atoms with Crippen LogP contribution in [0.2, 0.25) is 0 Å². The molecule has 1 aromatic carbocycles. The predicted octanol–water partition coefficient (Wildman–Crippen LogP) is 3.10. The smallest absolute Gasteiger partial charge is 0.125 e. The quantitative estimate of drug-likeness (QED) is 0.696. The summed E-state index contributed by atoms with van der Waals surface area (Å²) in [6.07, 6.45) is 2.35. The highest BCUT2D eigenvalue weighted by atomic mass is 35.5. The van der Waals surface area contributed by atoms with Gasteiger partial charge in [0.25, 0.3) is 0 Å². The lowest BCUT2D eigenvalue weighted by Gasteiger charge is -2.08. The van der Waals surface area contributed by atoms with Crippen LogP contribution >= 0.6 is 11.6 Å². The molecule has 0 fully saturated rings. The van der Waals surface area contributed by atoms with E-state index < -0.39 is 0 Å². The summed E-state index contributed by atoms with van der Waals surface area (Å²) in [5.74, 6) is 1.73. The fourth-order valence-electron chi connectivity index (χ4n) is 2.35. The normalized spacial score (nSPS) is 11.2. The van der Waals surface area contributed by atoms with Gasteiger partial charge in [0.1, 0.15) is 17.5 Å². The molecule has 0 bridgehead atoms. The standard InChI is InChI=1S/C15H14ClFN4/c1-10-18-7-5-12(19-10)9-21-14-8-11(17)2-3-13(14)20-15(21)4-6-16/h2-3,5,7-8H,4,6,9H2,1H3. The first-order chi connectivity index (χ1) is 10.2. The molecule has 2 aromatic heterocycles. The zero-order valence-electron chi connectivity index (χ0n) is 11.6. The van der Waals surface area contributed by atoms with Crippen LogP contribution in [-0.2, 0) is 13.0 Å². The molecule has 0 atom stereocenters. The summed E-state index contributed by atoms with van der Waals surface area (Å²) >= 11 is 5.84. The van der Waals surface area contributed by atoms with E-state index in [-0.39, 0.29) is 5.82 Å². The first kappa shape index (κ1) is 13.9. The van der Waals surface area contributed by atoms with Gasteiger partial charge in [-0.1, -0.05) is 0 Å². The number of hydrogen-bond acceptors (Lipinski definition) is 3. The number of aryl methyl sites for hydroxylation is 2. The molecule has 0 N–H and O–H groups in total. The van der Waals surface area contributed by atoms with Crippen molar-refractivity contribution in [3.63, 3.8) is 0 Å². The van der Waals surface area contributed by atoms with Gasteiger partial charge in [-0.15, -0.1) is 11.6 Å². The Morgan fingerprint density at radius 1 is 1.24 bits per heavy atom. The molecule has 0 saturated carbocycles. The zero-order chi connectivity index (χ0) is 14.8. The van der Waals surface area contributed by atoms with Crippen molar-refractivity contribution < 1.29 is 4.39 Å². The van der Waals surface area contributed by atoms with Crippen molar-refractivity contribution in [1.82, 2.24) is 19.5 Å². The third-order valence-electron chi connectivity index (χ3n) is 3.26. The molecule has 0 aliphatic rings. The van der Waals surface area contributed by atoms with Gasteiger partial charge in [-0.3, -0.25) is 0 Å². The Hall–Kier alpha value is -2.01. The molecule has 0 aliphatic heterocycles. The van der Waals surface area contributed by atoms with Gasteiger partial charge < -0.3 is 4.57 Å². The highest BCUT2D eigenvalue weighted by Crippen LogP contribution is 2.19. The van der Waals surface area contributed by atoms with Crippen LogP contribution in [0.15, 0.2) is 30.5 Å².